The first-order chi connectivity index (χ1) is 8.65. The van der Waals surface area contributed by atoms with E-state index in [1.165, 1.54) is 11.1 Å². The van der Waals surface area contributed by atoms with E-state index in [9.17, 15) is 0 Å². The van der Waals surface area contributed by atoms with Crippen LogP contribution >= 0.6 is 0 Å². The van der Waals surface area contributed by atoms with Gasteiger partial charge >= 0.3 is 0 Å². The Labute approximate surface area is 113 Å². The van der Waals surface area contributed by atoms with Crippen molar-refractivity contribution in [3.63, 3.8) is 0 Å². The first-order valence-corrected chi connectivity index (χ1v) is 6.95. The second-order valence-electron chi connectivity index (χ2n) is 4.11. The topological polar surface area (TPSA) is 12.4 Å². The van der Waals surface area contributed by atoms with E-state index in [1.54, 1.807) is 0 Å². The molecule has 0 bridgehead atoms. The molecule has 1 rings (SSSR count). The molecule has 0 fully saturated rings. The zero-order valence-electron chi connectivity index (χ0n) is 12.6. The molecule has 100 valence electrons. The van der Waals surface area contributed by atoms with Crippen LogP contribution in [0.15, 0.2) is 41.5 Å². The van der Waals surface area contributed by atoms with Gasteiger partial charge in [0, 0.05) is 17.8 Å². The predicted octanol–water partition coefficient (Wildman–Crippen LogP) is 5.20. The maximum atomic E-state index is 4.46. The van der Waals surface area contributed by atoms with Gasteiger partial charge in [-0.3, -0.25) is 4.99 Å². The van der Waals surface area contributed by atoms with Gasteiger partial charge in [0.15, 0.2) is 0 Å². The molecule has 0 spiro atoms. The molecule has 0 atom stereocenters. The highest BCUT2D eigenvalue weighted by molar-refractivity contribution is 5.82. The van der Waals surface area contributed by atoms with Crippen LogP contribution in [0.5, 0.6) is 0 Å². The molecule has 18 heavy (non-hydrogen) atoms. The molecule has 0 aliphatic heterocycles. The minimum Gasteiger partial charge on any atom is -0.263 e. The van der Waals surface area contributed by atoms with Crippen molar-refractivity contribution in [3.05, 3.63) is 47.7 Å². The Kier molecular flexibility index (Phi) is 8.91. The molecular formula is C17H27N. The second kappa shape index (κ2) is 9.64. The molecule has 0 amide bonds. The van der Waals surface area contributed by atoms with Crippen molar-refractivity contribution in [3.8, 4) is 0 Å². The van der Waals surface area contributed by atoms with E-state index in [4.69, 9.17) is 0 Å². The Morgan fingerprint density at radius 1 is 1.06 bits per heavy atom. The van der Waals surface area contributed by atoms with Crippen molar-refractivity contribution >= 4 is 5.71 Å². The predicted molar refractivity (Wildman–Crippen MR) is 83.4 cm³/mol. The monoisotopic (exact) mass is 245 g/mol. The molecular weight excluding hydrogens is 218 g/mol. The number of aliphatic imine (C=N–C) groups is 1. The van der Waals surface area contributed by atoms with E-state index in [0.717, 1.165) is 30.7 Å². The Balaban J connectivity index is 0.00000137. The van der Waals surface area contributed by atoms with Gasteiger partial charge in [-0.05, 0) is 30.9 Å². The Morgan fingerprint density at radius 3 is 2.00 bits per heavy atom. The summed E-state index contributed by atoms with van der Waals surface area (Å²) in [6.45, 7) is 14.3. The average molecular weight is 245 g/mol. The lowest BCUT2D eigenvalue weighted by atomic mass is 10.1. The maximum Gasteiger partial charge on any atom is 0.0375 e. The van der Waals surface area contributed by atoms with Crippen LogP contribution in [-0.2, 0) is 12.8 Å². The molecule has 0 saturated heterocycles. The summed E-state index contributed by atoms with van der Waals surface area (Å²) in [6.07, 6.45) is 2.93. The van der Waals surface area contributed by atoms with Crippen LogP contribution in [0.25, 0.3) is 0 Å². The Bertz CT molecular complexity index is 371. The summed E-state index contributed by atoms with van der Waals surface area (Å²) in [7, 11) is 0. The Hall–Kier alpha value is -1.37. The molecule has 1 aromatic rings. The lowest BCUT2D eigenvalue weighted by Crippen LogP contribution is -1.92. The minimum atomic E-state index is 0.849. The number of aryl methyl sites for hydroxylation is 1. The van der Waals surface area contributed by atoms with Crippen molar-refractivity contribution in [2.75, 3.05) is 0 Å². The van der Waals surface area contributed by atoms with Crippen molar-refractivity contribution < 1.29 is 0 Å². The highest BCUT2D eigenvalue weighted by Crippen LogP contribution is 2.10. The van der Waals surface area contributed by atoms with Gasteiger partial charge in [-0.1, -0.05) is 58.5 Å². The molecule has 0 saturated carbocycles. The number of allylic oxidation sites excluding steroid dienone is 1. The van der Waals surface area contributed by atoms with E-state index >= 15 is 0 Å². The van der Waals surface area contributed by atoms with Gasteiger partial charge in [-0.15, -0.1) is 0 Å². The zero-order chi connectivity index (χ0) is 14.0. The lowest BCUT2D eigenvalue weighted by molar-refractivity contribution is 1.08. The number of nitrogens with zero attached hydrogens (tertiary/aromatic N) is 1. The molecule has 1 aromatic carbocycles. The van der Waals surface area contributed by atoms with Gasteiger partial charge in [0.1, 0.15) is 0 Å². The largest absolute Gasteiger partial charge is 0.263 e. The van der Waals surface area contributed by atoms with Crippen molar-refractivity contribution in [2.45, 2.75) is 53.9 Å². The van der Waals surface area contributed by atoms with Crippen molar-refractivity contribution in [2.24, 2.45) is 4.99 Å². The van der Waals surface area contributed by atoms with E-state index in [1.807, 2.05) is 20.8 Å². The number of rotatable bonds is 5. The highest BCUT2D eigenvalue weighted by Gasteiger charge is 1.97. The lowest BCUT2D eigenvalue weighted by Gasteiger charge is -2.03. The van der Waals surface area contributed by atoms with Gasteiger partial charge in [0.05, 0.1) is 0 Å². The number of benzene rings is 1. The van der Waals surface area contributed by atoms with Crippen LogP contribution < -0.4 is 0 Å². The van der Waals surface area contributed by atoms with Gasteiger partial charge in [-0.25, -0.2) is 0 Å². The SMILES string of the molecule is C=C(Cc1ccc(CC)cc1)N=C(C)CC.CC. The van der Waals surface area contributed by atoms with E-state index < -0.39 is 0 Å². The van der Waals surface area contributed by atoms with Gasteiger partial charge in [-0.2, -0.15) is 0 Å². The van der Waals surface area contributed by atoms with Crippen molar-refractivity contribution in [1.29, 1.82) is 0 Å². The molecule has 0 unspecified atom stereocenters. The fourth-order valence-electron chi connectivity index (χ4n) is 1.52. The third-order valence-electron chi connectivity index (χ3n) is 2.70. The van der Waals surface area contributed by atoms with Crippen LogP contribution in [0.2, 0.25) is 0 Å². The summed E-state index contributed by atoms with van der Waals surface area (Å²) in [5.74, 6) is 0. The third kappa shape index (κ3) is 6.39. The third-order valence-corrected chi connectivity index (χ3v) is 2.70. The summed E-state index contributed by atoms with van der Waals surface area (Å²) in [5, 5.41) is 0. The molecule has 0 aromatic heterocycles. The van der Waals surface area contributed by atoms with E-state index in [0.29, 0.717) is 0 Å². The smallest absolute Gasteiger partial charge is 0.0375 e. The summed E-state index contributed by atoms with van der Waals surface area (Å²) >= 11 is 0. The molecule has 0 heterocycles. The van der Waals surface area contributed by atoms with Crippen LogP contribution in [0, 0.1) is 0 Å². The van der Waals surface area contributed by atoms with Crippen LogP contribution in [0.3, 0.4) is 0 Å². The fraction of sp³-hybridized carbons (Fsp3) is 0.471. The highest BCUT2D eigenvalue weighted by atomic mass is 14.7. The molecule has 1 nitrogen and oxygen atoms in total. The quantitative estimate of drug-likeness (QED) is 0.632. The Morgan fingerprint density at radius 2 is 1.56 bits per heavy atom. The fourth-order valence-corrected chi connectivity index (χ4v) is 1.52. The van der Waals surface area contributed by atoms with Crippen LogP contribution in [0.4, 0.5) is 0 Å². The maximum absolute atomic E-state index is 4.46. The molecule has 0 aliphatic rings. The van der Waals surface area contributed by atoms with Gasteiger partial charge in [0.25, 0.3) is 0 Å². The van der Waals surface area contributed by atoms with E-state index in [-0.39, 0.29) is 0 Å². The molecule has 1 heteroatoms. The molecule has 0 radical (unpaired) electrons. The summed E-state index contributed by atoms with van der Waals surface area (Å²) in [5.41, 5.74) is 4.76. The number of hydrogen-bond acceptors (Lipinski definition) is 1. The van der Waals surface area contributed by atoms with Crippen LogP contribution in [0.1, 0.15) is 52.2 Å². The molecule has 0 N–H and O–H groups in total. The number of hydrogen-bond donors (Lipinski definition) is 0. The van der Waals surface area contributed by atoms with Gasteiger partial charge in [0.2, 0.25) is 0 Å². The first kappa shape index (κ1) is 16.6. The summed E-state index contributed by atoms with van der Waals surface area (Å²) in [6, 6.07) is 8.69. The molecule has 0 aliphatic carbocycles. The first-order valence-electron chi connectivity index (χ1n) is 6.95. The normalized spacial score (nSPS) is 10.6. The van der Waals surface area contributed by atoms with E-state index in [2.05, 4.69) is 49.7 Å². The summed E-state index contributed by atoms with van der Waals surface area (Å²) < 4.78 is 0. The van der Waals surface area contributed by atoms with Crippen LogP contribution in [-0.4, -0.2) is 5.71 Å². The minimum absolute atomic E-state index is 0.849. The second-order valence-corrected chi connectivity index (χ2v) is 4.11. The summed E-state index contributed by atoms with van der Waals surface area (Å²) in [4.78, 5) is 4.46. The van der Waals surface area contributed by atoms with Crippen molar-refractivity contribution in [1.82, 2.24) is 0 Å². The standard InChI is InChI=1S/C15H21N.C2H6/c1-5-12(3)16-13(4)11-15-9-7-14(6-2)8-10-15;1-2/h7-10H,4-6,11H2,1-3H3;1-2H3. The van der Waals surface area contributed by atoms with Gasteiger partial charge < -0.3 is 0 Å². The zero-order valence-corrected chi connectivity index (χ0v) is 12.6. The average Bonchev–Trinajstić information content (AvgIpc) is 2.41.